The monoisotopic (exact) mass is 250 g/mol. The SMILES string of the molecule is CC(C)CCOc1ncccc1CNC(C)(C)C. The summed E-state index contributed by atoms with van der Waals surface area (Å²) in [7, 11) is 0. The molecule has 0 aliphatic heterocycles. The highest BCUT2D eigenvalue weighted by Gasteiger charge is 2.11. The molecule has 0 saturated heterocycles. The molecule has 1 N–H and O–H groups in total. The van der Waals surface area contributed by atoms with Crippen LogP contribution >= 0.6 is 0 Å². The average molecular weight is 250 g/mol. The van der Waals surface area contributed by atoms with Crippen molar-refractivity contribution in [2.45, 2.75) is 53.1 Å². The number of ether oxygens (including phenoxy) is 1. The fourth-order valence-corrected chi connectivity index (χ4v) is 1.44. The lowest BCUT2D eigenvalue weighted by Gasteiger charge is -2.21. The molecule has 1 rings (SSSR count). The van der Waals surface area contributed by atoms with E-state index >= 15 is 0 Å². The minimum Gasteiger partial charge on any atom is -0.477 e. The highest BCUT2D eigenvalue weighted by atomic mass is 16.5. The molecule has 0 saturated carbocycles. The molecule has 0 fully saturated rings. The van der Waals surface area contributed by atoms with Crippen LogP contribution in [-0.2, 0) is 6.54 Å². The van der Waals surface area contributed by atoms with Crippen LogP contribution in [0.15, 0.2) is 18.3 Å². The molecule has 0 radical (unpaired) electrons. The minimum absolute atomic E-state index is 0.102. The largest absolute Gasteiger partial charge is 0.477 e. The van der Waals surface area contributed by atoms with Gasteiger partial charge in [-0.1, -0.05) is 19.9 Å². The van der Waals surface area contributed by atoms with Crippen LogP contribution in [0.25, 0.3) is 0 Å². The van der Waals surface area contributed by atoms with Crippen molar-refractivity contribution >= 4 is 0 Å². The van der Waals surface area contributed by atoms with Crippen LogP contribution in [0.5, 0.6) is 5.88 Å². The molecule has 0 amide bonds. The van der Waals surface area contributed by atoms with Gasteiger partial charge >= 0.3 is 0 Å². The first-order chi connectivity index (χ1) is 8.38. The van der Waals surface area contributed by atoms with E-state index in [0.29, 0.717) is 5.92 Å². The van der Waals surface area contributed by atoms with Crippen molar-refractivity contribution < 1.29 is 4.74 Å². The lowest BCUT2D eigenvalue weighted by molar-refractivity contribution is 0.274. The minimum atomic E-state index is 0.102. The number of rotatable bonds is 6. The van der Waals surface area contributed by atoms with E-state index in [-0.39, 0.29) is 5.54 Å². The first-order valence-corrected chi connectivity index (χ1v) is 6.70. The van der Waals surface area contributed by atoms with Crippen molar-refractivity contribution in [2.75, 3.05) is 6.61 Å². The van der Waals surface area contributed by atoms with E-state index in [0.717, 1.165) is 31.0 Å². The fourth-order valence-electron chi connectivity index (χ4n) is 1.44. The van der Waals surface area contributed by atoms with Crippen molar-refractivity contribution in [1.82, 2.24) is 10.3 Å². The molecule has 3 heteroatoms. The van der Waals surface area contributed by atoms with Crippen LogP contribution in [0, 0.1) is 5.92 Å². The molecule has 0 aliphatic carbocycles. The first kappa shape index (κ1) is 15.0. The molecule has 0 aromatic carbocycles. The van der Waals surface area contributed by atoms with Crippen LogP contribution in [0.3, 0.4) is 0 Å². The maximum Gasteiger partial charge on any atom is 0.217 e. The summed E-state index contributed by atoms with van der Waals surface area (Å²) >= 11 is 0. The van der Waals surface area contributed by atoms with Crippen molar-refractivity contribution in [3.05, 3.63) is 23.9 Å². The van der Waals surface area contributed by atoms with Gasteiger partial charge in [0.2, 0.25) is 5.88 Å². The molecule has 0 aliphatic rings. The third-order valence-corrected chi connectivity index (χ3v) is 2.59. The second-order valence-electron chi connectivity index (χ2n) is 6.10. The predicted octanol–water partition coefficient (Wildman–Crippen LogP) is 3.39. The highest BCUT2D eigenvalue weighted by molar-refractivity contribution is 5.25. The third-order valence-electron chi connectivity index (χ3n) is 2.59. The molecule has 102 valence electrons. The summed E-state index contributed by atoms with van der Waals surface area (Å²) in [6, 6.07) is 4.02. The Kier molecular flexibility index (Phi) is 5.60. The Hall–Kier alpha value is -1.09. The molecule has 0 atom stereocenters. The van der Waals surface area contributed by atoms with E-state index in [1.807, 2.05) is 6.07 Å². The van der Waals surface area contributed by atoms with Gasteiger partial charge in [0.25, 0.3) is 0 Å². The number of nitrogens with one attached hydrogen (secondary N) is 1. The first-order valence-electron chi connectivity index (χ1n) is 6.70. The maximum absolute atomic E-state index is 5.76. The summed E-state index contributed by atoms with van der Waals surface area (Å²) < 4.78 is 5.76. The van der Waals surface area contributed by atoms with Gasteiger partial charge < -0.3 is 10.1 Å². The van der Waals surface area contributed by atoms with Crippen LogP contribution < -0.4 is 10.1 Å². The topological polar surface area (TPSA) is 34.1 Å². The van der Waals surface area contributed by atoms with E-state index in [2.05, 4.69) is 51.0 Å². The average Bonchev–Trinajstić information content (AvgIpc) is 2.26. The molecular formula is C15H26N2O. The zero-order chi connectivity index (χ0) is 13.6. The second-order valence-corrected chi connectivity index (χ2v) is 6.10. The normalized spacial score (nSPS) is 11.9. The number of aromatic nitrogens is 1. The number of nitrogens with zero attached hydrogens (tertiary/aromatic N) is 1. The van der Waals surface area contributed by atoms with E-state index in [1.54, 1.807) is 6.20 Å². The lowest BCUT2D eigenvalue weighted by Crippen LogP contribution is -2.35. The van der Waals surface area contributed by atoms with Gasteiger partial charge in [-0.05, 0) is 39.2 Å². The Balaban J connectivity index is 2.56. The fraction of sp³-hybridized carbons (Fsp3) is 0.667. The summed E-state index contributed by atoms with van der Waals surface area (Å²) in [5.41, 5.74) is 1.22. The van der Waals surface area contributed by atoms with Gasteiger partial charge in [-0.3, -0.25) is 0 Å². The molecule has 1 aromatic heterocycles. The van der Waals surface area contributed by atoms with E-state index < -0.39 is 0 Å². The lowest BCUT2D eigenvalue weighted by atomic mass is 10.1. The molecule has 0 bridgehead atoms. The molecule has 1 aromatic rings. The van der Waals surface area contributed by atoms with Gasteiger partial charge in [0.1, 0.15) is 0 Å². The van der Waals surface area contributed by atoms with E-state index in [9.17, 15) is 0 Å². The number of pyridine rings is 1. The zero-order valence-electron chi connectivity index (χ0n) is 12.3. The van der Waals surface area contributed by atoms with Crippen LogP contribution in [0.1, 0.15) is 46.6 Å². The predicted molar refractivity (Wildman–Crippen MR) is 75.8 cm³/mol. The summed E-state index contributed by atoms with van der Waals surface area (Å²) in [5, 5.41) is 3.46. The quantitative estimate of drug-likeness (QED) is 0.840. The van der Waals surface area contributed by atoms with Gasteiger partial charge in [0, 0.05) is 23.8 Å². The number of hydrogen-bond acceptors (Lipinski definition) is 3. The summed E-state index contributed by atoms with van der Waals surface area (Å²) in [6.07, 6.45) is 2.84. The van der Waals surface area contributed by atoms with Gasteiger partial charge in [-0.15, -0.1) is 0 Å². The summed E-state index contributed by atoms with van der Waals surface area (Å²) in [6.45, 7) is 12.4. The van der Waals surface area contributed by atoms with Gasteiger partial charge in [-0.25, -0.2) is 4.98 Å². The van der Waals surface area contributed by atoms with Gasteiger partial charge in [0.05, 0.1) is 6.61 Å². The molecular weight excluding hydrogens is 224 g/mol. The van der Waals surface area contributed by atoms with Crippen molar-refractivity contribution in [3.8, 4) is 5.88 Å². The van der Waals surface area contributed by atoms with E-state index in [4.69, 9.17) is 4.74 Å². The Bertz CT molecular complexity index is 356. The van der Waals surface area contributed by atoms with Crippen molar-refractivity contribution in [1.29, 1.82) is 0 Å². The zero-order valence-corrected chi connectivity index (χ0v) is 12.3. The molecule has 0 spiro atoms. The summed E-state index contributed by atoms with van der Waals surface area (Å²) in [5.74, 6) is 1.42. The maximum atomic E-state index is 5.76. The molecule has 1 heterocycles. The van der Waals surface area contributed by atoms with Crippen molar-refractivity contribution in [2.24, 2.45) is 5.92 Å². The van der Waals surface area contributed by atoms with Crippen LogP contribution in [0.2, 0.25) is 0 Å². The second kappa shape index (κ2) is 6.74. The Morgan fingerprint density at radius 1 is 1.33 bits per heavy atom. The van der Waals surface area contributed by atoms with Crippen LogP contribution in [-0.4, -0.2) is 17.1 Å². The molecule has 18 heavy (non-hydrogen) atoms. The Morgan fingerprint density at radius 2 is 2.06 bits per heavy atom. The molecule has 0 unspecified atom stereocenters. The van der Waals surface area contributed by atoms with Crippen LogP contribution in [0.4, 0.5) is 0 Å². The highest BCUT2D eigenvalue weighted by Crippen LogP contribution is 2.16. The smallest absolute Gasteiger partial charge is 0.217 e. The molecule has 3 nitrogen and oxygen atoms in total. The van der Waals surface area contributed by atoms with Crippen molar-refractivity contribution in [3.63, 3.8) is 0 Å². The number of hydrogen-bond donors (Lipinski definition) is 1. The Morgan fingerprint density at radius 3 is 2.67 bits per heavy atom. The summed E-state index contributed by atoms with van der Waals surface area (Å²) in [4.78, 5) is 4.31. The standard InChI is InChI=1S/C15H26N2O/c1-12(2)8-10-18-14-13(7-6-9-16-14)11-17-15(3,4)5/h6-7,9,12,17H,8,10-11H2,1-5H3. The third kappa shape index (κ3) is 6.01. The Labute approximate surface area is 111 Å². The van der Waals surface area contributed by atoms with E-state index in [1.165, 1.54) is 0 Å². The van der Waals surface area contributed by atoms with Gasteiger partial charge in [0.15, 0.2) is 0 Å². The van der Waals surface area contributed by atoms with Gasteiger partial charge in [-0.2, -0.15) is 0 Å².